The smallest absolute Gasteiger partial charge is 0.411 e. The Balaban J connectivity index is 2.00. The second-order valence-electron chi connectivity index (χ2n) is 3.37. The van der Waals surface area contributed by atoms with Crippen molar-refractivity contribution in [3.63, 3.8) is 0 Å². The number of carbonyl (C=O) groups is 1. The zero-order valence-corrected chi connectivity index (χ0v) is 10.3. The van der Waals surface area contributed by atoms with Gasteiger partial charge in [-0.05, 0) is 29.2 Å². The van der Waals surface area contributed by atoms with Gasteiger partial charge in [0, 0.05) is 5.69 Å². The van der Waals surface area contributed by atoms with Crippen LogP contribution in [-0.4, -0.2) is 22.3 Å². The van der Waals surface area contributed by atoms with Crippen molar-refractivity contribution in [3.8, 4) is 10.4 Å². The summed E-state index contributed by atoms with van der Waals surface area (Å²) >= 11 is 1.32. The molecule has 0 saturated heterocycles. The molecule has 1 aromatic heterocycles. The van der Waals surface area contributed by atoms with Crippen LogP contribution in [0.15, 0.2) is 43.1 Å². The molecule has 2 aromatic rings. The Hall–Kier alpha value is -2.21. The van der Waals surface area contributed by atoms with E-state index in [-0.39, 0.29) is 6.61 Å². The predicted molar refractivity (Wildman–Crippen MR) is 70.5 cm³/mol. The van der Waals surface area contributed by atoms with E-state index in [1.807, 2.05) is 12.1 Å². The first kappa shape index (κ1) is 12.3. The molecule has 0 aliphatic rings. The summed E-state index contributed by atoms with van der Waals surface area (Å²) in [7, 11) is 0. The zero-order valence-electron chi connectivity index (χ0n) is 9.50. The number of anilines is 1. The maximum atomic E-state index is 11.3. The van der Waals surface area contributed by atoms with Crippen LogP contribution in [0.1, 0.15) is 0 Å². The Kier molecular flexibility index (Phi) is 4.03. The number of aromatic nitrogens is 2. The lowest BCUT2D eigenvalue weighted by molar-refractivity contribution is 0.174. The van der Waals surface area contributed by atoms with Gasteiger partial charge in [0.05, 0.1) is 11.1 Å². The highest BCUT2D eigenvalue weighted by atomic mass is 32.1. The van der Waals surface area contributed by atoms with Crippen LogP contribution < -0.4 is 5.32 Å². The molecule has 0 unspecified atom stereocenters. The van der Waals surface area contributed by atoms with Gasteiger partial charge in [-0.1, -0.05) is 29.3 Å². The van der Waals surface area contributed by atoms with Crippen LogP contribution in [0.2, 0.25) is 0 Å². The molecule has 0 radical (unpaired) electrons. The lowest BCUT2D eigenvalue weighted by atomic mass is 10.2. The minimum absolute atomic E-state index is 0.191. The van der Waals surface area contributed by atoms with E-state index in [1.165, 1.54) is 17.6 Å². The molecule has 1 amide bonds. The molecule has 0 bridgehead atoms. The van der Waals surface area contributed by atoms with E-state index in [1.54, 1.807) is 18.3 Å². The second-order valence-corrected chi connectivity index (χ2v) is 4.16. The summed E-state index contributed by atoms with van der Waals surface area (Å²) in [6.07, 6.45) is 2.72. The third-order valence-electron chi connectivity index (χ3n) is 2.11. The molecule has 0 saturated carbocycles. The molecule has 0 fully saturated rings. The number of carbonyl (C=O) groups excluding carboxylic acids is 1. The number of hydrogen-bond acceptors (Lipinski definition) is 5. The molecule has 0 atom stereocenters. The van der Waals surface area contributed by atoms with Crippen molar-refractivity contribution in [1.82, 2.24) is 9.59 Å². The predicted octanol–water partition coefficient (Wildman–Crippen LogP) is 2.94. The zero-order chi connectivity index (χ0) is 12.8. The van der Waals surface area contributed by atoms with Gasteiger partial charge in [-0.25, -0.2) is 4.79 Å². The van der Waals surface area contributed by atoms with Crippen LogP contribution in [0.3, 0.4) is 0 Å². The van der Waals surface area contributed by atoms with Crippen molar-refractivity contribution in [2.24, 2.45) is 0 Å². The van der Waals surface area contributed by atoms with Crippen LogP contribution in [0.5, 0.6) is 0 Å². The van der Waals surface area contributed by atoms with Gasteiger partial charge in [0.2, 0.25) is 0 Å². The Labute approximate surface area is 108 Å². The van der Waals surface area contributed by atoms with Crippen LogP contribution in [0, 0.1) is 0 Å². The van der Waals surface area contributed by atoms with Crippen molar-refractivity contribution >= 4 is 23.3 Å². The summed E-state index contributed by atoms with van der Waals surface area (Å²) in [6, 6.07) is 7.37. The van der Waals surface area contributed by atoms with Gasteiger partial charge >= 0.3 is 6.09 Å². The van der Waals surface area contributed by atoms with Crippen molar-refractivity contribution in [3.05, 3.63) is 43.1 Å². The van der Waals surface area contributed by atoms with Crippen molar-refractivity contribution < 1.29 is 9.53 Å². The topological polar surface area (TPSA) is 64.1 Å². The second kappa shape index (κ2) is 5.92. The molecule has 0 aliphatic carbocycles. The standard InChI is InChI=1S/C12H11N3O2S/c1-2-7-17-12(16)14-10-5-3-9(4-6-10)11-8-13-15-18-11/h2-6,8H,1,7H2,(H,14,16). The first-order chi connectivity index (χ1) is 8.79. The fourth-order valence-corrected chi connectivity index (χ4v) is 1.82. The van der Waals surface area contributed by atoms with E-state index in [4.69, 9.17) is 4.74 Å². The monoisotopic (exact) mass is 261 g/mol. The third-order valence-corrected chi connectivity index (χ3v) is 2.82. The minimum Gasteiger partial charge on any atom is -0.445 e. The van der Waals surface area contributed by atoms with Gasteiger partial charge in [0.25, 0.3) is 0 Å². The molecule has 1 aromatic carbocycles. The molecule has 0 spiro atoms. The summed E-state index contributed by atoms with van der Waals surface area (Å²) in [5, 5.41) is 6.38. The number of ether oxygens (including phenoxy) is 1. The molecule has 2 rings (SSSR count). The Morgan fingerprint density at radius 2 is 2.22 bits per heavy atom. The number of rotatable bonds is 4. The van der Waals surface area contributed by atoms with Gasteiger partial charge in [0.15, 0.2) is 0 Å². The Morgan fingerprint density at radius 3 is 2.83 bits per heavy atom. The molecule has 1 heterocycles. The van der Waals surface area contributed by atoms with E-state index in [0.29, 0.717) is 5.69 Å². The summed E-state index contributed by atoms with van der Waals surface area (Å²) in [6.45, 7) is 3.66. The normalized spacial score (nSPS) is 9.78. The SMILES string of the molecule is C=CCOC(=O)Nc1ccc(-c2cnns2)cc1. The maximum absolute atomic E-state index is 11.3. The Morgan fingerprint density at radius 1 is 1.44 bits per heavy atom. The molecule has 92 valence electrons. The molecule has 6 heteroatoms. The van der Waals surface area contributed by atoms with Crippen LogP contribution in [0.4, 0.5) is 10.5 Å². The number of nitrogens with zero attached hydrogens (tertiary/aromatic N) is 2. The first-order valence-corrected chi connectivity index (χ1v) is 5.99. The average Bonchev–Trinajstić information content (AvgIpc) is 2.91. The van der Waals surface area contributed by atoms with E-state index < -0.39 is 6.09 Å². The minimum atomic E-state index is -0.498. The average molecular weight is 261 g/mol. The third kappa shape index (κ3) is 3.14. The number of nitrogens with one attached hydrogen (secondary N) is 1. The van der Waals surface area contributed by atoms with Crippen molar-refractivity contribution in [1.29, 1.82) is 0 Å². The van der Waals surface area contributed by atoms with Crippen LogP contribution in [-0.2, 0) is 4.74 Å². The first-order valence-electron chi connectivity index (χ1n) is 5.22. The van der Waals surface area contributed by atoms with Crippen LogP contribution in [0.25, 0.3) is 10.4 Å². The highest BCUT2D eigenvalue weighted by Gasteiger charge is 2.03. The van der Waals surface area contributed by atoms with Crippen molar-refractivity contribution in [2.75, 3.05) is 11.9 Å². The molecule has 5 nitrogen and oxygen atoms in total. The summed E-state index contributed by atoms with van der Waals surface area (Å²) in [4.78, 5) is 12.3. The quantitative estimate of drug-likeness (QED) is 0.859. The lowest BCUT2D eigenvalue weighted by Crippen LogP contribution is -2.13. The summed E-state index contributed by atoms with van der Waals surface area (Å²) in [5.41, 5.74) is 1.68. The maximum Gasteiger partial charge on any atom is 0.411 e. The highest BCUT2D eigenvalue weighted by Crippen LogP contribution is 2.23. The molecule has 18 heavy (non-hydrogen) atoms. The van der Waals surface area contributed by atoms with E-state index in [2.05, 4.69) is 21.5 Å². The Bertz CT molecular complexity index is 523. The number of benzene rings is 1. The number of amides is 1. The molecule has 0 aliphatic heterocycles. The summed E-state index contributed by atoms with van der Waals surface area (Å²) < 4.78 is 8.61. The largest absolute Gasteiger partial charge is 0.445 e. The van der Waals surface area contributed by atoms with Gasteiger partial charge in [-0.15, -0.1) is 5.10 Å². The lowest BCUT2D eigenvalue weighted by Gasteiger charge is -2.05. The highest BCUT2D eigenvalue weighted by molar-refractivity contribution is 7.09. The van der Waals surface area contributed by atoms with Gasteiger partial charge in [0.1, 0.15) is 6.61 Å². The van der Waals surface area contributed by atoms with Gasteiger partial charge in [-0.2, -0.15) is 0 Å². The van der Waals surface area contributed by atoms with Gasteiger partial charge < -0.3 is 4.74 Å². The fraction of sp³-hybridized carbons (Fsp3) is 0.0833. The van der Waals surface area contributed by atoms with E-state index in [0.717, 1.165) is 10.4 Å². The van der Waals surface area contributed by atoms with E-state index >= 15 is 0 Å². The van der Waals surface area contributed by atoms with Crippen molar-refractivity contribution in [2.45, 2.75) is 0 Å². The molecular weight excluding hydrogens is 250 g/mol. The van der Waals surface area contributed by atoms with E-state index in [9.17, 15) is 4.79 Å². The molecular formula is C12H11N3O2S. The summed E-state index contributed by atoms with van der Waals surface area (Å²) in [5.74, 6) is 0. The fourth-order valence-electron chi connectivity index (χ4n) is 1.30. The molecule has 1 N–H and O–H groups in total. The van der Waals surface area contributed by atoms with Crippen LogP contribution >= 0.6 is 11.5 Å². The number of hydrogen-bond donors (Lipinski definition) is 1. The van der Waals surface area contributed by atoms with Gasteiger partial charge in [-0.3, -0.25) is 5.32 Å².